The summed E-state index contributed by atoms with van der Waals surface area (Å²) in [7, 11) is 0. The van der Waals surface area contributed by atoms with E-state index >= 15 is 0 Å². The van der Waals surface area contributed by atoms with E-state index in [-0.39, 0.29) is 0 Å². The van der Waals surface area contributed by atoms with Gasteiger partial charge in [0.15, 0.2) is 5.65 Å². The number of anilines is 1. The fraction of sp³-hybridized carbons (Fsp3) is 0.286. The molecule has 0 aliphatic rings. The SMILES string of the molecule is Cc1cc2nc(C)nc(N)n2n1. The maximum atomic E-state index is 5.62. The van der Waals surface area contributed by atoms with Gasteiger partial charge in [-0.2, -0.15) is 14.6 Å². The lowest BCUT2D eigenvalue weighted by Gasteiger charge is -1.97. The summed E-state index contributed by atoms with van der Waals surface area (Å²) in [6, 6.07) is 1.87. The molecule has 62 valence electrons. The molecule has 2 aromatic heterocycles. The van der Waals surface area contributed by atoms with Crippen LogP contribution in [-0.2, 0) is 0 Å². The van der Waals surface area contributed by atoms with Crippen LogP contribution in [-0.4, -0.2) is 19.6 Å². The molecule has 12 heavy (non-hydrogen) atoms. The Morgan fingerprint density at radius 2 is 2.08 bits per heavy atom. The molecule has 0 aromatic carbocycles. The predicted octanol–water partition coefficient (Wildman–Crippen LogP) is 0.323. The summed E-state index contributed by atoms with van der Waals surface area (Å²) < 4.78 is 1.53. The van der Waals surface area contributed by atoms with Crippen molar-refractivity contribution in [3.8, 4) is 0 Å². The quantitative estimate of drug-likeness (QED) is 0.607. The molecule has 0 unspecified atom stereocenters. The van der Waals surface area contributed by atoms with Gasteiger partial charge in [-0.15, -0.1) is 0 Å². The lowest BCUT2D eigenvalue weighted by Crippen LogP contribution is -2.04. The second-order valence-electron chi connectivity index (χ2n) is 2.68. The molecule has 5 heteroatoms. The molecule has 0 spiro atoms. The Balaban J connectivity index is 2.88. The van der Waals surface area contributed by atoms with Crippen molar-refractivity contribution in [3.05, 3.63) is 17.6 Å². The summed E-state index contributed by atoms with van der Waals surface area (Å²) in [5.74, 6) is 1.05. The molecule has 2 heterocycles. The van der Waals surface area contributed by atoms with Gasteiger partial charge >= 0.3 is 0 Å². The summed E-state index contributed by atoms with van der Waals surface area (Å²) in [4.78, 5) is 8.15. The molecule has 0 saturated carbocycles. The Kier molecular flexibility index (Phi) is 1.27. The van der Waals surface area contributed by atoms with E-state index < -0.39 is 0 Å². The van der Waals surface area contributed by atoms with Crippen LogP contribution in [0, 0.1) is 13.8 Å². The molecule has 0 atom stereocenters. The third-order valence-corrected chi connectivity index (χ3v) is 1.58. The highest BCUT2D eigenvalue weighted by Gasteiger charge is 2.03. The normalized spacial score (nSPS) is 10.8. The zero-order chi connectivity index (χ0) is 8.72. The number of aryl methyl sites for hydroxylation is 2. The van der Waals surface area contributed by atoms with Gasteiger partial charge in [0.05, 0.1) is 5.69 Å². The molecule has 0 amide bonds. The third-order valence-electron chi connectivity index (χ3n) is 1.58. The van der Waals surface area contributed by atoms with Gasteiger partial charge in [-0.25, -0.2) is 4.98 Å². The first-order valence-electron chi connectivity index (χ1n) is 3.63. The minimum atomic E-state index is 0.380. The van der Waals surface area contributed by atoms with Crippen LogP contribution >= 0.6 is 0 Å². The smallest absolute Gasteiger partial charge is 0.224 e. The van der Waals surface area contributed by atoms with Crippen LogP contribution in [0.4, 0.5) is 5.95 Å². The van der Waals surface area contributed by atoms with E-state index in [0.29, 0.717) is 11.8 Å². The van der Waals surface area contributed by atoms with E-state index in [0.717, 1.165) is 11.3 Å². The van der Waals surface area contributed by atoms with E-state index in [2.05, 4.69) is 15.1 Å². The van der Waals surface area contributed by atoms with Crippen molar-refractivity contribution < 1.29 is 0 Å². The highest BCUT2D eigenvalue weighted by Crippen LogP contribution is 2.06. The molecular weight excluding hydrogens is 154 g/mol. The Labute approximate surface area is 69.2 Å². The average molecular weight is 163 g/mol. The topological polar surface area (TPSA) is 69.1 Å². The van der Waals surface area contributed by atoms with E-state index in [1.54, 1.807) is 6.92 Å². The van der Waals surface area contributed by atoms with Crippen LogP contribution in [0.25, 0.3) is 5.65 Å². The van der Waals surface area contributed by atoms with Crippen LogP contribution in [0.15, 0.2) is 6.07 Å². The number of aromatic nitrogens is 4. The molecule has 0 radical (unpaired) electrons. The van der Waals surface area contributed by atoms with Crippen molar-refractivity contribution >= 4 is 11.6 Å². The average Bonchev–Trinajstić information content (AvgIpc) is 2.29. The fourth-order valence-electron chi connectivity index (χ4n) is 1.14. The molecule has 0 bridgehead atoms. The number of hydrogen-bond donors (Lipinski definition) is 1. The highest BCUT2D eigenvalue weighted by molar-refractivity contribution is 5.43. The van der Waals surface area contributed by atoms with Gasteiger partial charge in [0.1, 0.15) is 5.82 Å². The van der Waals surface area contributed by atoms with Crippen LogP contribution in [0.3, 0.4) is 0 Å². The molecule has 5 nitrogen and oxygen atoms in total. The zero-order valence-corrected chi connectivity index (χ0v) is 6.94. The van der Waals surface area contributed by atoms with E-state index in [1.807, 2.05) is 13.0 Å². The van der Waals surface area contributed by atoms with Gasteiger partial charge in [-0.3, -0.25) is 0 Å². The van der Waals surface area contributed by atoms with Crippen LogP contribution in [0.1, 0.15) is 11.5 Å². The molecule has 0 aliphatic heterocycles. The second-order valence-corrected chi connectivity index (χ2v) is 2.68. The van der Waals surface area contributed by atoms with Crippen LogP contribution in [0.5, 0.6) is 0 Å². The van der Waals surface area contributed by atoms with Gasteiger partial charge in [0.25, 0.3) is 0 Å². The molecule has 0 aliphatic carbocycles. The van der Waals surface area contributed by atoms with Gasteiger partial charge in [-0.1, -0.05) is 0 Å². The number of nitrogens with zero attached hydrogens (tertiary/aromatic N) is 4. The summed E-state index contributed by atoms with van der Waals surface area (Å²) in [6.45, 7) is 3.70. The fourth-order valence-corrected chi connectivity index (χ4v) is 1.14. The van der Waals surface area contributed by atoms with E-state index in [1.165, 1.54) is 4.52 Å². The largest absolute Gasteiger partial charge is 0.368 e. The van der Waals surface area contributed by atoms with Crippen molar-refractivity contribution in [3.63, 3.8) is 0 Å². The Bertz CT molecular complexity index is 431. The van der Waals surface area contributed by atoms with Crippen molar-refractivity contribution in [2.45, 2.75) is 13.8 Å². The molecule has 0 fully saturated rings. The van der Waals surface area contributed by atoms with Crippen molar-refractivity contribution in [1.82, 2.24) is 19.6 Å². The summed E-state index contributed by atoms with van der Waals surface area (Å²) in [5, 5.41) is 4.12. The lowest BCUT2D eigenvalue weighted by atomic mass is 10.5. The van der Waals surface area contributed by atoms with Gasteiger partial charge in [0.2, 0.25) is 5.95 Å². The Morgan fingerprint density at radius 3 is 2.83 bits per heavy atom. The predicted molar refractivity (Wildman–Crippen MR) is 44.7 cm³/mol. The summed E-state index contributed by atoms with van der Waals surface area (Å²) >= 11 is 0. The number of nitrogens with two attached hydrogens (primary N) is 1. The Hall–Kier alpha value is -1.65. The van der Waals surface area contributed by atoms with Crippen molar-refractivity contribution in [2.75, 3.05) is 5.73 Å². The summed E-state index contributed by atoms with van der Waals surface area (Å²) in [6.07, 6.45) is 0. The first kappa shape index (κ1) is 7.02. The first-order valence-corrected chi connectivity index (χ1v) is 3.63. The van der Waals surface area contributed by atoms with E-state index in [4.69, 9.17) is 5.73 Å². The maximum Gasteiger partial charge on any atom is 0.224 e. The van der Waals surface area contributed by atoms with Gasteiger partial charge in [0, 0.05) is 6.07 Å². The van der Waals surface area contributed by atoms with Gasteiger partial charge in [-0.05, 0) is 13.8 Å². The molecule has 2 rings (SSSR count). The molecule has 2 N–H and O–H groups in total. The van der Waals surface area contributed by atoms with E-state index in [9.17, 15) is 0 Å². The monoisotopic (exact) mass is 163 g/mol. The standard InChI is InChI=1S/C7H9N5/c1-4-3-6-9-5(2)10-7(8)12(6)11-4/h3H,1-2H3,(H2,8,9,10). The second kappa shape index (κ2) is 2.17. The van der Waals surface area contributed by atoms with Crippen molar-refractivity contribution in [1.29, 1.82) is 0 Å². The molecule has 2 aromatic rings. The molecular formula is C7H9N5. The number of fused-ring (bicyclic) bond motifs is 1. The number of rotatable bonds is 0. The highest BCUT2D eigenvalue weighted by atomic mass is 15.3. The van der Waals surface area contributed by atoms with Crippen LogP contribution < -0.4 is 5.73 Å². The summed E-state index contributed by atoms with van der Waals surface area (Å²) in [5.41, 5.74) is 7.26. The Morgan fingerprint density at radius 1 is 1.33 bits per heavy atom. The minimum Gasteiger partial charge on any atom is -0.368 e. The van der Waals surface area contributed by atoms with Gasteiger partial charge < -0.3 is 5.73 Å². The number of hydrogen-bond acceptors (Lipinski definition) is 4. The third kappa shape index (κ3) is 0.903. The van der Waals surface area contributed by atoms with Crippen LogP contribution in [0.2, 0.25) is 0 Å². The first-order chi connectivity index (χ1) is 5.66. The lowest BCUT2D eigenvalue weighted by molar-refractivity contribution is 0.874. The maximum absolute atomic E-state index is 5.62. The van der Waals surface area contributed by atoms with Crippen molar-refractivity contribution in [2.24, 2.45) is 0 Å². The number of nitrogen functional groups attached to an aromatic ring is 1. The molecule has 0 saturated heterocycles. The zero-order valence-electron chi connectivity index (χ0n) is 6.94. The minimum absolute atomic E-state index is 0.380.